The fourth-order valence-corrected chi connectivity index (χ4v) is 0.802. The molecular formula is C5H8N2O4. The molecule has 1 rings (SSSR count). The smallest absolute Gasteiger partial charge is 0.322 e. The fraction of sp³-hybridized carbons (Fsp3) is 0.600. The largest absolute Gasteiger partial charge is 0.364 e. The van der Waals surface area contributed by atoms with E-state index < -0.39 is 23.8 Å². The van der Waals surface area contributed by atoms with Gasteiger partial charge in [-0.3, -0.25) is 10.1 Å². The van der Waals surface area contributed by atoms with Crippen LogP contribution in [0.15, 0.2) is 0 Å². The molecule has 1 unspecified atom stereocenters. The zero-order chi connectivity index (χ0) is 8.65. The number of aliphatic hydroxyl groups is 2. The number of rotatable bonds is 1. The second-order valence-electron chi connectivity index (χ2n) is 2.49. The first-order chi connectivity index (χ1) is 4.91. The van der Waals surface area contributed by atoms with Crippen molar-refractivity contribution in [1.29, 1.82) is 0 Å². The van der Waals surface area contributed by atoms with Crippen molar-refractivity contribution in [3.63, 3.8) is 0 Å². The molecule has 1 fully saturated rings. The maximum Gasteiger partial charge on any atom is 0.322 e. The first-order valence-electron chi connectivity index (χ1n) is 2.97. The minimum Gasteiger partial charge on any atom is -0.364 e. The van der Waals surface area contributed by atoms with Crippen molar-refractivity contribution in [3.8, 4) is 0 Å². The number of amides is 3. The average molecular weight is 160 g/mol. The monoisotopic (exact) mass is 160 g/mol. The van der Waals surface area contributed by atoms with E-state index in [2.05, 4.69) is 0 Å². The number of carbonyl (C=O) groups excluding carboxylic acids is 2. The molecule has 4 N–H and O–H groups in total. The van der Waals surface area contributed by atoms with Crippen LogP contribution in [-0.2, 0) is 4.79 Å². The normalized spacial score (nSPS) is 24.8. The topological polar surface area (TPSA) is 98.7 Å². The lowest BCUT2D eigenvalue weighted by molar-refractivity contribution is -0.170. The predicted molar refractivity (Wildman–Crippen MR) is 33.3 cm³/mol. The van der Waals surface area contributed by atoms with Crippen LogP contribution in [0.5, 0.6) is 0 Å². The quantitative estimate of drug-likeness (QED) is 0.261. The predicted octanol–water partition coefficient (Wildman–Crippen LogP) is -2.10. The molecule has 3 amide bonds. The molecule has 0 saturated carbocycles. The molecule has 1 aliphatic rings. The van der Waals surface area contributed by atoms with Crippen LogP contribution in [0.1, 0.15) is 6.92 Å². The Kier molecular flexibility index (Phi) is 1.57. The third-order valence-electron chi connectivity index (χ3n) is 1.32. The van der Waals surface area contributed by atoms with Gasteiger partial charge in [-0.1, -0.05) is 0 Å². The van der Waals surface area contributed by atoms with E-state index in [1.807, 2.05) is 10.6 Å². The summed E-state index contributed by atoms with van der Waals surface area (Å²) in [7, 11) is 0. The molecule has 1 heterocycles. The molecule has 0 radical (unpaired) electrons. The fourth-order valence-electron chi connectivity index (χ4n) is 0.802. The molecule has 62 valence electrons. The highest BCUT2D eigenvalue weighted by Crippen LogP contribution is 2.08. The van der Waals surface area contributed by atoms with Gasteiger partial charge in [-0.25, -0.2) is 4.79 Å². The van der Waals surface area contributed by atoms with Gasteiger partial charge in [-0.15, -0.1) is 0 Å². The molecule has 0 bridgehead atoms. The summed E-state index contributed by atoms with van der Waals surface area (Å²) in [6.45, 7) is 1.02. The lowest BCUT2D eigenvalue weighted by Crippen LogP contribution is -2.49. The van der Waals surface area contributed by atoms with Crippen molar-refractivity contribution in [2.24, 2.45) is 0 Å². The summed E-state index contributed by atoms with van der Waals surface area (Å²) in [5.74, 6) is -2.95. The Balaban J connectivity index is 2.76. The van der Waals surface area contributed by atoms with Gasteiger partial charge in [-0.05, 0) is 6.92 Å². The van der Waals surface area contributed by atoms with Gasteiger partial charge in [0.05, 0.1) is 0 Å². The summed E-state index contributed by atoms with van der Waals surface area (Å²) >= 11 is 0. The van der Waals surface area contributed by atoms with E-state index in [4.69, 9.17) is 10.2 Å². The van der Waals surface area contributed by atoms with Crippen molar-refractivity contribution in [1.82, 2.24) is 10.6 Å². The van der Waals surface area contributed by atoms with Gasteiger partial charge in [0.25, 0.3) is 5.91 Å². The van der Waals surface area contributed by atoms with Gasteiger partial charge in [0.15, 0.2) is 11.8 Å². The number of hydrogen-bond acceptors (Lipinski definition) is 4. The van der Waals surface area contributed by atoms with Crippen molar-refractivity contribution in [2.45, 2.75) is 18.8 Å². The SMILES string of the molecule is CC(O)(O)C1NC(=O)NC1=O. The van der Waals surface area contributed by atoms with E-state index in [9.17, 15) is 9.59 Å². The molecule has 0 aromatic rings. The van der Waals surface area contributed by atoms with Gasteiger partial charge < -0.3 is 15.5 Å². The molecule has 1 saturated heterocycles. The van der Waals surface area contributed by atoms with Crippen LogP contribution in [0.3, 0.4) is 0 Å². The van der Waals surface area contributed by atoms with E-state index in [-0.39, 0.29) is 0 Å². The minimum atomic E-state index is -2.21. The second-order valence-corrected chi connectivity index (χ2v) is 2.49. The summed E-state index contributed by atoms with van der Waals surface area (Å²) in [5, 5.41) is 21.7. The van der Waals surface area contributed by atoms with Crippen LogP contribution in [0, 0.1) is 0 Å². The second kappa shape index (κ2) is 2.18. The van der Waals surface area contributed by atoms with Crippen LogP contribution in [0.4, 0.5) is 4.79 Å². The van der Waals surface area contributed by atoms with Crippen LogP contribution in [0.25, 0.3) is 0 Å². The first-order valence-corrected chi connectivity index (χ1v) is 2.97. The summed E-state index contributed by atoms with van der Waals surface area (Å²) in [4.78, 5) is 21.2. The highest BCUT2D eigenvalue weighted by Gasteiger charge is 2.42. The highest BCUT2D eigenvalue weighted by molar-refractivity contribution is 6.04. The Bertz CT molecular complexity index is 207. The number of imide groups is 1. The van der Waals surface area contributed by atoms with E-state index in [1.54, 1.807) is 0 Å². The summed E-state index contributed by atoms with van der Waals surface area (Å²) < 4.78 is 0. The molecule has 0 aromatic carbocycles. The zero-order valence-electron chi connectivity index (χ0n) is 5.79. The van der Waals surface area contributed by atoms with Crippen LogP contribution in [0.2, 0.25) is 0 Å². The highest BCUT2D eigenvalue weighted by atomic mass is 16.5. The molecule has 0 aliphatic carbocycles. The molecule has 0 aromatic heterocycles. The van der Waals surface area contributed by atoms with Crippen LogP contribution >= 0.6 is 0 Å². The zero-order valence-corrected chi connectivity index (χ0v) is 5.79. The van der Waals surface area contributed by atoms with E-state index in [1.165, 1.54) is 0 Å². The van der Waals surface area contributed by atoms with Crippen LogP contribution in [-0.4, -0.2) is 34.0 Å². The van der Waals surface area contributed by atoms with Gasteiger partial charge in [0.2, 0.25) is 0 Å². The number of carbonyl (C=O) groups is 2. The molecule has 1 aliphatic heterocycles. The Labute approximate surface area is 62.2 Å². The van der Waals surface area contributed by atoms with Crippen molar-refractivity contribution in [2.75, 3.05) is 0 Å². The van der Waals surface area contributed by atoms with Crippen molar-refractivity contribution < 1.29 is 19.8 Å². The molecule has 0 spiro atoms. The van der Waals surface area contributed by atoms with E-state index in [0.29, 0.717) is 0 Å². The molecule has 6 nitrogen and oxygen atoms in total. The average Bonchev–Trinajstić information content (AvgIpc) is 2.08. The number of hydrogen-bond donors (Lipinski definition) is 4. The van der Waals surface area contributed by atoms with E-state index >= 15 is 0 Å². The number of urea groups is 1. The summed E-state index contributed by atoms with van der Waals surface area (Å²) in [6, 6.07) is -2.00. The Morgan fingerprint density at radius 3 is 2.18 bits per heavy atom. The molecule has 1 atom stereocenters. The lowest BCUT2D eigenvalue weighted by atomic mass is 10.1. The Morgan fingerprint density at radius 1 is 1.45 bits per heavy atom. The maximum atomic E-state index is 10.7. The van der Waals surface area contributed by atoms with Crippen molar-refractivity contribution in [3.05, 3.63) is 0 Å². The van der Waals surface area contributed by atoms with Gasteiger partial charge in [0.1, 0.15) is 0 Å². The third kappa shape index (κ3) is 1.47. The standard InChI is InChI=1S/C5H8N2O4/c1-5(10,11)2-3(8)7-4(9)6-2/h2,10-11H,1H3,(H2,6,7,8,9). The lowest BCUT2D eigenvalue weighted by Gasteiger charge is -2.20. The Morgan fingerprint density at radius 2 is 2.00 bits per heavy atom. The Hall–Kier alpha value is -1.14. The van der Waals surface area contributed by atoms with Crippen molar-refractivity contribution >= 4 is 11.9 Å². The van der Waals surface area contributed by atoms with Gasteiger partial charge in [0, 0.05) is 0 Å². The molecular weight excluding hydrogens is 152 g/mol. The van der Waals surface area contributed by atoms with Gasteiger partial charge >= 0.3 is 6.03 Å². The molecule has 11 heavy (non-hydrogen) atoms. The minimum absolute atomic E-state index is 0.714. The summed E-state index contributed by atoms with van der Waals surface area (Å²) in [6.07, 6.45) is 0. The first kappa shape index (κ1) is 7.96. The number of nitrogens with one attached hydrogen (secondary N) is 2. The summed E-state index contributed by atoms with van der Waals surface area (Å²) in [5.41, 5.74) is 0. The molecule has 6 heteroatoms. The third-order valence-corrected chi connectivity index (χ3v) is 1.32. The van der Waals surface area contributed by atoms with Gasteiger partial charge in [-0.2, -0.15) is 0 Å². The van der Waals surface area contributed by atoms with Crippen LogP contribution < -0.4 is 10.6 Å². The maximum absolute atomic E-state index is 10.7. The van der Waals surface area contributed by atoms with E-state index in [0.717, 1.165) is 6.92 Å².